The Balaban J connectivity index is 1.61. The number of benzene rings is 1. The summed E-state index contributed by atoms with van der Waals surface area (Å²) >= 11 is 0. The molecular weight excluding hydrogens is 222 g/mol. The van der Waals surface area contributed by atoms with E-state index in [0.29, 0.717) is 18.1 Å². The van der Waals surface area contributed by atoms with Crippen molar-refractivity contribution in [2.75, 3.05) is 0 Å². The van der Waals surface area contributed by atoms with Crippen LogP contribution in [-0.4, -0.2) is 12.2 Å². The highest BCUT2D eigenvalue weighted by Crippen LogP contribution is 2.37. The zero-order chi connectivity index (χ0) is 11.9. The summed E-state index contributed by atoms with van der Waals surface area (Å²) in [6.07, 6.45) is 7.02. The molecule has 18 heavy (non-hydrogen) atoms. The molecule has 3 unspecified atom stereocenters. The molecule has 0 bridgehead atoms. The summed E-state index contributed by atoms with van der Waals surface area (Å²) in [4.78, 5) is 0. The van der Waals surface area contributed by atoms with Crippen molar-refractivity contribution in [2.45, 2.75) is 50.4 Å². The predicted molar refractivity (Wildman–Crippen MR) is 71.8 cm³/mol. The van der Waals surface area contributed by atoms with Crippen molar-refractivity contribution < 1.29 is 0 Å². The topological polar surface area (TPSA) is 36.1 Å². The van der Waals surface area contributed by atoms with E-state index in [1.54, 1.807) is 0 Å². The largest absolute Gasteiger partial charge is 0.298 e. The summed E-state index contributed by atoms with van der Waals surface area (Å²) in [6, 6.07) is 10.2. The fourth-order valence-electron chi connectivity index (χ4n) is 3.49. The Morgan fingerprint density at radius 1 is 1.06 bits per heavy atom. The molecule has 2 aliphatic carbocycles. The lowest BCUT2D eigenvalue weighted by atomic mass is 9.90. The molecule has 4 rings (SSSR count). The summed E-state index contributed by atoms with van der Waals surface area (Å²) in [5.74, 6) is 0.689. The molecule has 1 saturated carbocycles. The van der Waals surface area contributed by atoms with E-state index in [1.165, 1.54) is 43.2 Å². The second kappa shape index (κ2) is 4.34. The number of aryl methyl sites for hydroxylation is 1. The Labute approximate surface area is 108 Å². The molecule has 3 N–H and O–H groups in total. The van der Waals surface area contributed by atoms with Crippen molar-refractivity contribution in [3.05, 3.63) is 35.4 Å². The molecule has 1 aliphatic heterocycles. The molecule has 2 fully saturated rings. The van der Waals surface area contributed by atoms with Gasteiger partial charge in [-0.15, -0.1) is 0 Å². The molecular formula is C15H21N3. The van der Waals surface area contributed by atoms with Gasteiger partial charge in [0, 0.05) is 12.0 Å². The summed E-state index contributed by atoms with van der Waals surface area (Å²) in [7, 11) is 0. The van der Waals surface area contributed by atoms with Gasteiger partial charge in [0.1, 0.15) is 0 Å². The molecule has 96 valence electrons. The number of hydrogen-bond acceptors (Lipinski definition) is 3. The van der Waals surface area contributed by atoms with E-state index < -0.39 is 0 Å². The van der Waals surface area contributed by atoms with Gasteiger partial charge in [0.05, 0.1) is 12.2 Å². The summed E-state index contributed by atoms with van der Waals surface area (Å²) in [5, 5.41) is 3.74. The van der Waals surface area contributed by atoms with E-state index in [9.17, 15) is 0 Å². The van der Waals surface area contributed by atoms with Gasteiger partial charge in [-0.25, -0.2) is 10.9 Å². The fraction of sp³-hybridized carbons (Fsp3) is 0.600. The van der Waals surface area contributed by atoms with E-state index in [4.69, 9.17) is 0 Å². The van der Waals surface area contributed by atoms with Crippen LogP contribution in [0.2, 0.25) is 0 Å². The zero-order valence-corrected chi connectivity index (χ0v) is 10.7. The van der Waals surface area contributed by atoms with E-state index >= 15 is 0 Å². The van der Waals surface area contributed by atoms with Gasteiger partial charge in [0.25, 0.3) is 0 Å². The van der Waals surface area contributed by atoms with Crippen molar-refractivity contribution in [1.29, 1.82) is 0 Å². The van der Waals surface area contributed by atoms with Crippen molar-refractivity contribution >= 4 is 0 Å². The third-order valence-corrected chi connectivity index (χ3v) is 4.62. The van der Waals surface area contributed by atoms with E-state index in [1.807, 2.05) is 0 Å². The third-order valence-electron chi connectivity index (χ3n) is 4.62. The Hall–Kier alpha value is -0.900. The molecule has 3 atom stereocenters. The minimum Gasteiger partial charge on any atom is -0.298 e. The first kappa shape index (κ1) is 11.0. The van der Waals surface area contributed by atoms with Crippen LogP contribution < -0.4 is 16.2 Å². The van der Waals surface area contributed by atoms with Crippen LogP contribution in [0.15, 0.2) is 24.3 Å². The molecule has 3 heteroatoms. The number of hydrogen-bond donors (Lipinski definition) is 3. The molecule has 0 radical (unpaired) electrons. The van der Waals surface area contributed by atoms with Gasteiger partial charge in [0.2, 0.25) is 0 Å². The number of nitrogens with one attached hydrogen (secondary N) is 3. The highest BCUT2D eigenvalue weighted by atomic mass is 15.5. The minimum absolute atomic E-state index is 0.452. The van der Waals surface area contributed by atoms with Gasteiger partial charge in [-0.05, 0) is 43.2 Å². The lowest BCUT2D eigenvalue weighted by Gasteiger charge is -2.22. The molecule has 1 aromatic rings. The van der Waals surface area contributed by atoms with E-state index in [-0.39, 0.29) is 0 Å². The molecule has 1 saturated heterocycles. The molecule has 3 aliphatic rings. The summed E-state index contributed by atoms with van der Waals surface area (Å²) in [5.41, 5.74) is 10.0. The Bertz CT molecular complexity index is 441. The van der Waals surface area contributed by atoms with Gasteiger partial charge in [-0.2, -0.15) is 0 Å². The second-order valence-corrected chi connectivity index (χ2v) is 5.94. The van der Waals surface area contributed by atoms with Crippen LogP contribution in [0.25, 0.3) is 0 Å². The SMILES string of the molecule is c1ccc2c(c1)CCCC1C(NC3CC3)NNC21. The highest BCUT2D eigenvalue weighted by molar-refractivity contribution is 5.32. The Morgan fingerprint density at radius 2 is 1.94 bits per heavy atom. The van der Waals surface area contributed by atoms with Crippen molar-refractivity contribution in [2.24, 2.45) is 5.92 Å². The molecule has 0 aromatic heterocycles. The summed E-state index contributed by atoms with van der Waals surface area (Å²) in [6.45, 7) is 0. The maximum atomic E-state index is 3.74. The standard InChI is InChI=1S/C15H21N3/c1-2-6-12-10(4-1)5-3-7-13-14(12)17-18-15(13)16-11-8-9-11/h1-2,4,6,11,13-18H,3,5,7-9H2. The van der Waals surface area contributed by atoms with Crippen LogP contribution in [0, 0.1) is 5.92 Å². The Morgan fingerprint density at radius 3 is 2.83 bits per heavy atom. The normalized spacial score (nSPS) is 34.8. The van der Waals surface area contributed by atoms with E-state index in [2.05, 4.69) is 40.4 Å². The first-order valence-corrected chi connectivity index (χ1v) is 7.27. The van der Waals surface area contributed by atoms with Crippen molar-refractivity contribution in [3.8, 4) is 0 Å². The lowest BCUT2D eigenvalue weighted by molar-refractivity contribution is 0.337. The van der Waals surface area contributed by atoms with Gasteiger partial charge in [-0.3, -0.25) is 5.32 Å². The van der Waals surface area contributed by atoms with Crippen LogP contribution in [0.5, 0.6) is 0 Å². The first-order valence-electron chi connectivity index (χ1n) is 7.27. The number of hydrazine groups is 1. The molecule has 0 amide bonds. The molecule has 1 heterocycles. The quantitative estimate of drug-likeness (QED) is 0.742. The van der Waals surface area contributed by atoms with E-state index in [0.717, 1.165) is 6.04 Å². The van der Waals surface area contributed by atoms with Crippen molar-refractivity contribution in [3.63, 3.8) is 0 Å². The van der Waals surface area contributed by atoms with Crippen LogP contribution in [0.1, 0.15) is 42.9 Å². The molecule has 1 aromatic carbocycles. The van der Waals surface area contributed by atoms with Crippen LogP contribution in [0.4, 0.5) is 0 Å². The van der Waals surface area contributed by atoms with Crippen LogP contribution in [0.3, 0.4) is 0 Å². The fourth-order valence-corrected chi connectivity index (χ4v) is 3.49. The zero-order valence-electron chi connectivity index (χ0n) is 10.7. The van der Waals surface area contributed by atoms with Crippen LogP contribution >= 0.6 is 0 Å². The third kappa shape index (κ3) is 1.87. The highest BCUT2D eigenvalue weighted by Gasteiger charge is 2.40. The molecule has 0 spiro atoms. The lowest BCUT2D eigenvalue weighted by Crippen LogP contribution is -2.45. The number of fused-ring (bicyclic) bond motifs is 3. The van der Waals surface area contributed by atoms with Gasteiger partial charge < -0.3 is 0 Å². The maximum Gasteiger partial charge on any atom is 0.0753 e. The predicted octanol–water partition coefficient (Wildman–Crippen LogP) is 1.87. The second-order valence-electron chi connectivity index (χ2n) is 5.94. The smallest absolute Gasteiger partial charge is 0.0753 e. The van der Waals surface area contributed by atoms with Gasteiger partial charge in [0.15, 0.2) is 0 Å². The maximum absolute atomic E-state index is 3.74. The first-order chi connectivity index (χ1) is 8.92. The average Bonchev–Trinajstić information content (AvgIpc) is 3.15. The monoisotopic (exact) mass is 243 g/mol. The number of rotatable bonds is 2. The minimum atomic E-state index is 0.452. The van der Waals surface area contributed by atoms with Crippen LogP contribution in [-0.2, 0) is 6.42 Å². The summed E-state index contributed by atoms with van der Waals surface area (Å²) < 4.78 is 0. The van der Waals surface area contributed by atoms with Gasteiger partial charge in [-0.1, -0.05) is 24.3 Å². The average molecular weight is 243 g/mol. The molecule has 3 nitrogen and oxygen atoms in total. The van der Waals surface area contributed by atoms with Gasteiger partial charge >= 0.3 is 0 Å². The van der Waals surface area contributed by atoms with Crippen molar-refractivity contribution in [1.82, 2.24) is 16.2 Å². The Kier molecular flexibility index (Phi) is 2.64.